The number of anilines is 1. The van der Waals surface area contributed by atoms with Gasteiger partial charge in [0.1, 0.15) is 5.75 Å². The van der Waals surface area contributed by atoms with Crippen LogP contribution in [0.15, 0.2) is 24.3 Å². The van der Waals surface area contributed by atoms with Crippen molar-refractivity contribution in [2.75, 3.05) is 11.9 Å². The molecule has 0 heterocycles. The highest BCUT2D eigenvalue weighted by molar-refractivity contribution is 6.00. The minimum absolute atomic E-state index is 0.0116. The zero-order valence-corrected chi connectivity index (χ0v) is 15.0. The fourth-order valence-electron chi connectivity index (χ4n) is 2.54. The van der Waals surface area contributed by atoms with E-state index in [-0.39, 0.29) is 29.8 Å². The van der Waals surface area contributed by atoms with Crippen LogP contribution >= 0.6 is 0 Å². The Morgan fingerprint density at radius 3 is 2.46 bits per heavy atom. The van der Waals surface area contributed by atoms with E-state index in [1.165, 1.54) is 0 Å². The molecule has 2 rings (SSSR count). The number of ether oxygens (including phenoxy) is 1. The molecular formula is C19H28N2O3. The van der Waals surface area contributed by atoms with Crippen molar-refractivity contribution in [3.63, 3.8) is 0 Å². The summed E-state index contributed by atoms with van der Waals surface area (Å²) in [7, 11) is 0. The van der Waals surface area contributed by atoms with E-state index in [4.69, 9.17) is 4.74 Å². The molecular weight excluding hydrogens is 304 g/mol. The Balaban J connectivity index is 1.85. The van der Waals surface area contributed by atoms with Gasteiger partial charge in [-0.25, -0.2) is 0 Å². The summed E-state index contributed by atoms with van der Waals surface area (Å²) in [4.78, 5) is 24.4. The van der Waals surface area contributed by atoms with Crippen molar-refractivity contribution >= 4 is 17.5 Å². The van der Waals surface area contributed by atoms with E-state index in [0.717, 1.165) is 6.42 Å². The summed E-state index contributed by atoms with van der Waals surface area (Å²) in [5, 5.41) is 5.81. The third kappa shape index (κ3) is 5.25. The average molecular weight is 332 g/mol. The molecule has 0 spiro atoms. The Bertz CT molecular complexity index is 584. The molecule has 0 aliphatic heterocycles. The first-order chi connectivity index (χ1) is 11.4. The number of rotatable bonds is 8. The molecule has 1 aliphatic carbocycles. The molecule has 0 radical (unpaired) electrons. The van der Waals surface area contributed by atoms with E-state index in [9.17, 15) is 9.59 Å². The summed E-state index contributed by atoms with van der Waals surface area (Å²) < 4.78 is 5.70. The highest BCUT2D eigenvalue weighted by Crippen LogP contribution is 2.40. The second-order valence-electron chi connectivity index (χ2n) is 7.07. The molecule has 5 nitrogen and oxygen atoms in total. The van der Waals surface area contributed by atoms with Gasteiger partial charge >= 0.3 is 0 Å². The summed E-state index contributed by atoms with van der Waals surface area (Å²) in [6, 6.07) is 7.37. The topological polar surface area (TPSA) is 67.4 Å². The van der Waals surface area contributed by atoms with Crippen LogP contribution in [0.2, 0.25) is 0 Å². The molecule has 1 saturated carbocycles. The normalized spacial score (nSPS) is 19.2. The Morgan fingerprint density at radius 2 is 1.79 bits per heavy atom. The summed E-state index contributed by atoms with van der Waals surface area (Å²) in [6.07, 6.45) is 1.60. The van der Waals surface area contributed by atoms with Crippen molar-refractivity contribution in [3.05, 3.63) is 24.3 Å². The first kappa shape index (κ1) is 18.3. The number of hydrogen-bond acceptors (Lipinski definition) is 3. The molecule has 0 saturated heterocycles. The molecule has 0 bridgehead atoms. The molecule has 0 aromatic heterocycles. The summed E-state index contributed by atoms with van der Waals surface area (Å²) in [5.41, 5.74) is 0.655. The van der Waals surface area contributed by atoms with Crippen LogP contribution < -0.4 is 15.4 Å². The van der Waals surface area contributed by atoms with E-state index in [2.05, 4.69) is 24.5 Å². The number of para-hydroxylation sites is 2. The van der Waals surface area contributed by atoms with Gasteiger partial charge in [-0.2, -0.15) is 0 Å². The first-order valence-electron chi connectivity index (χ1n) is 8.72. The van der Waals surface area contributed by atoms with Gasteiger partial charge in [0, 0.05) is 6.54 Å². The lowest BCUT2D eigenvalue weighted by molar-refractivity contribution is -0.125. The van der Waals surface area contributed by atoms with Gasteiger partial charge in [0.25, 0.3) is 0 Å². The molecule has 1 aromatic rings. The Morgan fingerprint density at radius 1 is 1.12 bits per heavy atom. The Kier molecular flexibility index (Phi) is 6.23. The molecule has 2 atom stereocenters. The van der Waals surface area contributed by atoms with Crippen molar-refractivity contribution in [2.24, 2.45) is 17.8 Å². The van der Waals surface area contributed by atoms with E-state index in [0.29, 0.717) is 30.3 Å². The zero-order valence-electron chi connectivity index (χ0n) is 15.0. The number of benzene rings is 1. The fraction of sp³-hybridized carbons (Fsp3) is 0.579. The predicted molar refractivity (Wildman–Crippen MR) is 94.9 cm³/mol. The number of nitrogens with one attached hydrogen (secondary N) is 2. The molecule has 2 amide bonds. The quantitative estimate of drug-likeness (QED) is 0.768. The summed E-state index contributed by atoms with van der Waals surface area (Å²) in [5.74, 6) is 0.647. The average Bonchev–Trinajstić information content (AvgIpc) is 3.29. The van der Waals surface area contributed by atoms with Crippen molar-refractivity contribution < 1.29 is 14.3 Å². The SMILES string of the molecule is CC(C)CCNC(=O)C1CC1C(=O)Nc1ccccc1OC(C)C. The monoisotopic (exact) mass is 332 g/mol. The lowest BCUT2D eigenvalue weighted by atomic mass is 10.1. The number of carbonyl (C=O) groups is 2. The maximum absolute atomic E-state index is 12.4. The van der Waals surface area contributed by atoms with Gasteiger partial charge in [-0.05, 0) is 44.7 Å². The lowest BCUT2D eigenvalue weighted by Crippen LogP contribution is -2.29. The molecule has 2 unspecified atom stereocenters. The zero-order chi connectivity index (χ0) is 17.7. The van der Waals surface area contributed by atoms with Crippen molar-refractivity contribution in [3.8, 4) is 5.75 Å². The van der Waals surface area contributed by atoms with Crippen LogP contribution in [0.25, 0.3) is 0 Å². The second-order valence-corrected chi connectivity index (χ2v) is 7.07. The van der Waals surface area contributed by atoms with Crippen molar-refractivity contribution in [1.29, 1.82) is 0 Å². The standard InChI is InChI=1S/C19H28N2O3/c1-12(2)9-10-20-18(22)14-11-15(14)19(23)21-16-7-5-6-8-17(16)24-13(3)4/h5-8,12-15H,9-11H2,1-4H3,(H,20,22)(H,21,23). The predicted octanol–water partition coefficient (Wildman–Crippen LogP) is 3.21. The minimum Gasteiger partial charge on any atom is -0.489 e. The lowest BCUT2D eigenvalue weighted by Gasteiger charge is -2.14. The Hall–Kier alpha value is -2.04. The van der Waals surface area contributed by atoms with Gasteiger partial charge in [-0.15, -0.1) is 0 Å². The van der Waals surface area contributed by atoms with Crippen LogP contribution in [0.3, 0.4) is 0 Å². The van der Waals surface area contributed by atoms with Crippen LogP contribution in [-0.4, -0.2) is 24.5 Å². The van der Waals surface area contributed by atoms with Crippen molar-refractivity contribution in [1.82, 2.24) is 5.32 Å². The highest BCUT2D eigenvalue weighted by atomic mass is 16.5. The first-order valence-corrected chi connectivity index (χ1v) is 8.72. The van der Waals surface area contributed by atoms with E-state index >= 15 is 0 Å². The number of carbonyl (C=O) groups excluding carboxylic acids is 2. The minimum atomic E-state index is -0.240. The second kappa shape index (κ2) is 8.18. The molecule has 1 aromatic carbocycles. The Labute approximate surface area is 144 Å². The van der Waals surface area contributed by atoms with Gasteiger partial charge < -0.3 is 15.4 Å². The van der Waals surface area contributed by atoms with Crippen LogP contribution in [-0.2, 0) is 9.59 Å². The van der Waals surface area contributed by atoms with E-state index < -0.39 is 0 Å². The maximum Gasteiger partial charge on any atom is 0.228 e. The smallest absolute Gasteiger partial charge is 0.228 e. The highest BCUT2D eigenvalue weighted by Gasteiger charge is 2.48. The summed E-state index contributed by atoms with van der Waals surface area (Å²) in [6.45, 7) is 8.80. The maximum atomic E-state index is 12.4. The van der Waals surface area contributed by atoms with Crippen molar-refractivity contribution in [2.45, 2.75) is 46.6 Å². The van der Waals surface area contributed by atoms with Crippen LogP contribution in [0.4, 0.5) is 5.69 Å². The number of amides is 2. The molecule has 132 valence electrons. The largest absolute Gasteiger partial charge is 0.489 e. The summed E-state index contributed by atoms with van der Waals surface area (Å²) >= 11 is 0. The molecule has 24 heavy (non-hydrogen) atoms. The van der Waals surface area contributed by atoms with Crippen LogP contribution in [0.1, 0.15) is 40.5 Å². The van der Waals surface area contributed by atoms with E-state index in [1.807, 2.05) is 38.1 Å². The van der Waals surface area contributed by atoms with Gasteiger partial charge in [0.15, 0.2) is 0 Å². The van der Waals surface area contributed by atoms with Crippen LogP contribution in [0.5, 0.6) is 5.75 Å². The van der Waals surface area contributed by atoms with Crippen LogP contribution in [0, 0.1) is 17.8 Å². The third-order valence-electron chi connectivity index (χ3n) is 3.99. The van der Waals surface area contributed by atoms with E-state index in [1.54, 1.807) is 0 Å². The molecule has 1 fully saturated rings. The molecule has 5 heteroatoms. The third-order valence-corrected chi connectivity index (χ3v) is 3.99. The molecule has 2 N–H and O–H groups in total. The van der Waals surface area contributed by atoms with Gasteiger partial charge in [-0.3, -0.25) is 9.59 Å². The van der Waals surface area contributed by atoms with Gasteiger partial charge in [0.2, 0.25) is 11.8 Å². The van der Waals surface area contributed by atoms with Gasteiger partial charge in [0.05, 0.1) is 23.6 Å². The van der Waals surface area contributed by atoms with Gasteiger partial charge in [-0.1, -0.05) is 26.0 Å². The number of hydrogen-bond donors (Lipinski definition) is 2. The fourth-order valence-corrected chi connectivity index (χ4v) is 2.54. The molecule has 1 aliphatic rings.